The topological polar surface area (TPSA) is 53.5 Å². The maximum absolute atomic E-state index is 12.7. The molecule has 0 aromatic carbocycles. The van der Waals surface area contributed by atoms with Gasteiger partial charge in [0.15, 0.2) is 0 Å². The number of halogens is 2. The molecule has 5 nitrogen and oxygen atoms in total. The van der Waals surface area contributed by atoms with Crippen molar-refractivity contribution in [3.05, 3.63) is 23.9 Å². The van der Waals surface area contributed by atoms with Crippen molar-refractivity contribution in [3.63, 3.8) is 0 Å². The number of alkyl halides is 2. The van der Waals surface area contributed by atoms with E-state index in [9.17, 15) is 18.4 Å². The van der Waals surface area contributed by atoms with Gasteiger partial charge in [-0.25, -0.2) is 4.98 Å². The average molecular weight is 369 g/mol. The lowest BCUT2D eigenvalue weighted by molar-refractivity contribution is -0.136. The molecular weight excluding hydrogens is 348 g/mol. The lowest BCUT2D eigenvalue weighted by atomic mass is 10.1. The van der Waals surface area contributed by atoms with Gasteiger partial charge >= 0.3 is 0 Å². The minimum atomic E-state index is -2.62. The highest BCUT2D eigenvalue weighted by molar-refractivity contribution is 7.99. The molecule has 1 aromatic rings. The third-order valence-corrected chi connectivity index (χ3v) is 5.51. The van der Waals surface area contributed by atoms with E-state index in [0.717, 1.165) is 25.7 Å². The van der Waals surface area contributed by atoms with Crippen molar-refractivity contribution in [2.75, 3.05) is 26.2 Å². The Bertz CT molecular complexity index is 630. The summed E-state index contributed by atoms with van der Waals surface area (Å²) in [5.74, 6) is -2.60. The fraction of sp³-hybridized carbons (Fsp3) is 0.588. The van der Waals surface area contributed by atoms with Crippen LogP contribution < -0.4 is 0 Å². The van der Waals surface area contributed by atoms with E-state index in [0.29, 0.717) is 26.2 Å². The Morgan fingerprint density at radius 3 is 2.40 bits per heavy atom. The molecule has 0 spiro atoms. The van der Waals surface area contributed by atoms with Gasteiger partial charge in [-0.05, 0) is 36.7 Å². The second-order valence-electron chi connectivity index (χ2n) is 6.33. The normalized spacial score (nSPS) is 18.8. The molecule has 0 N–H and O–H groups in total. The number of hydrogen-bond donors (Lipinski definition) is 0. The average Bonchev–Trinajstić information content (AvgIpc) is 3.15. The van der Waals surface area contributed by atoms with Crippen molar-refractivity contribution < 1.29 is 18.4 Å². The smallest absolute Gasteiger partial charge is 0.290 e. The van der Waals surface area contributed by atoms with Gasteiger partial charge < -0.3 is 9.80 Å². The fourth-order valence-electron chi connectivity index (χ4n) is 3.46. The van der Waals surface area contributed by atoms with Gasteiger partial charge in [-0.1, -0.05) is 12.8 Å². The molecule has 3 rings (SSSR count). The van der Waals surface area contributed by atoms with Crippen molar-refractivity contribution in [2.45, 2.75) is 36.5 Å². The summed E-state index contributed by atoms with van der Waals surface area (Å²) < 4.78 is 25.3. The Hall–Kier alpha value is -1.70. The van der Waals surface area contributed by atoms with Gasteiger partial charge in [0.2, 0.25) is 5.91 Å². The molecule has 1 aliphatic carbocycles. The maximum Gasteiger partial charge on any atom is 0.290 e. The SMILES string of the molecule is O=C(c1cccnc1SC(F)F)N1CCN(C(=O)C2CCCC2)CC1. The van der Waals surface area contributed by atoms with Crippen LogP contribution in [0.2, 0.25) is 0 Å². The summed E-state index contributed by atoms with van der Waals surface area (Å²) in [6, 6.07) is 3.10. The largest absolute Gasteiger partial charge is 0.339 e. The Balaban J connectivity index is 1.61. The first kappa shape index (κ1) is 18.1. The number of thioether (sulfide) groups is 1. The van der Waals surface area contributed by atoms with E-state index in [2.05, 4.69) is 4.98 Å². The van der Waals surface area contributed by atoms with Gasteiger partial charge in [0.1, 0.15) is 5.03 Å². The van der Waals surface area contributed by atoms with E-state index in [1.165, 1.54) is 12.3 Å². The molecule has 1 saturated heterocycles. The zero-order valence-electron chi connectivity index (χ0n) is 13.9. The van der Waals surface area contributed by atoms with Crippen LogP contribution in [-0.4, -0.2) is 58.5 Å². The lowest BCUT2D eigenvalue weighted by Crippen LogP contribution is -2.51. The molecule has 0 radical (unpaired) electrons. The van der Waals surface area contributed by atoms with Crippen molar-refractivity contribution >= 4 is 23.6 Å². The molecule has 1 aromatic heterocycles. The van der Waals surface area contributed by atoms with Gasteiger partial charge in [-0.15, -0.1) is 0 Å². The summed E-state index contributed by atoms with van der Waals surface area (Å²) in [5.41, 5.74) is 0.198. The third kappa shape index (κ3) is 4.29. The van der Waals surface area contributed by atoms with Crippen molar-refractivity contribution in [1.29, 1.82) is 0 Å². The van der Waals surface area contributed by atoms with Crippen LogP contribution in [0.5, 0.6) is 0 Å². The Labute approximate surface area is 149 Å². The Morgan fingerprint density at radius 1 is 1.12 bits per heavy atom. The predicted octanol–water partition coefficient (Wildman–Crippen LogP) is 2.87. The number of hydrogen-bond acceptors (Lipinski definition) is 4. The predicted molar refractivity (Wildman–Crippen MR) is 90.5 cm³/mol. The highest BCUT2D eigenvalue weighted by Gasteiger charge is 2.31. The van der Waals surface area contributed by atoms with Gasteiger partial charge in [0.05, 0.1) is 5.56 Å². The standard InChI is InChI=1S/C17H21F2N3O2S/c18-17(19)25-14-13(6-3-7-20-14)16(24)22-10-8-21(9-11-22)15(23)12-4-1-2-5-12/h3,6-7,12,17H,1-2,4-5,8-11H2. The summed E-state index contributed by atoms with van der Waals surface area (Å²) in [6.45, 7) is 1.84. The summed E-state index contributed by atoms with van der Waals surface area (Å²) in [5, 5.41) is 0.0481. The van der Waals surface area contributed by atoms with Crippen molar-refractivity contribution in [3.8, 4) is 0 Å². The Kier molecular flexibility index (Phi) is 5.88. The molecular formula is C17H21F2N3O2S. The minimum Gasteiger partial charge on any atom is -0.339 e. The second-order valence-corrected chi connectivity index (χ2v) is 7.31. The first-order valence-corrected chi connectivity index (χ1v) is 9.42. The second kappa shape index (κ2) is 8.12. The zero-order valence-corrected chi connectivity index (χ0v) is 14.7. The highest BCUT2D eigenvalue weighted by atomic mass is 32.2. The van der Waals surface area contributed by atoms with E-state index >= 15 is 0 Å². The van der Waals surface area contributed by atoms with E-state index < -0.39 is 5.76 Å². The van der Waals surface area contributed by atoms with Gasteiger partial charge in [-0.3, -0.25) is 9.59 Å². The molecule has 1 saturated carbocycles. The number of rotatable bonds is 4. The number of amides is 2. The zero-order chi connectivity index (χ0) is 17.8. The first-order valence-electron chi connectivity index (χ1n) is 8.54. The number of carbonyl (C=O) groups is 2. The van der Waals surface area contributed by atoms with Gasteiger partial charge in [0.25, 0.3) is 11.7 Å². The lowest BCUT2D eigenvalue weighted by Gasteiger charge is -2.36. The quantitative estimate of drug-likeness (QED) is 0.766. The Morgan fingerprint density at radius 2 is 1.76 bits per heavy atom. The number of aromatic nitrogens is 1. The summed E-state index contributed by atoms with van der Waals surface area (Å²) >= 11 is 0.283. The van der Waals surface area contributed by atoms with E-state index in [1.54, 1.807) is 11.0 Å². The molecule has 0 atom stereocenters. The minimum absolute atomic E-state index is 0.0481. The monoisotopic (exact) mass is 369 g/mol. The van der Waals surface area contributed by atoms with Crippen LogP contribution in [0.3, 0.4) is 0 Å². The molecule has 2 aliphatic rings. The van der Waals surface area contributed by atoms with Crippen LogP contribution in [0, 0.1) is 5.92 Å². The number of carbonyl (C=O) groups excluding carboxylic acids is 2. The van der Waals surface area contributed by atoms with E-state index in [-0.39, 0.29) is 40.1 Å². The summed E-state index contributed by atoms with van der Waals surface area (Å²) in [4.78, 5) is 32.5. The molecule has 25 heavy (non-hydrogen) atoms. The molecule has 136 valence electrons. The molecule has 0 bridgehead atoms. The van der Waals surface area contributed by atoms with Crippen LogP contribution in [0.1, 0.15) is 36.0 Å². The first-order chi connectivity index (χ1) is 12.1. The van der Waals surface area contributed by atoms with Crippen LogP contribution in [0.25, 0.3) is 0 Å². The fourth-order valence-corrected chi connectivity index (χ4v) is 4.04. The van der Waals surface area contributed by atoms with E-state index in [4.69, 9.17) is 0 Å². The highest BCUT2D eigenvalue weighted by Crippen LogP contribution is 2.28. The number of pyridine rings is 1. The summed E-state index contributed by atoms with van der Waals surface area (Å²) in [7, 11) is 0. The van der Waals surface area contributed by atoms with Crippen molar-refractivity contribution in [1.82, 2.24) is 14.8 Å². The van der Waals surface area contributed by atoms with Crippen LogP contribution in [-0.2, 0) is 4.79 Å². The summed E-state index contributed by atoms with van der Waals surface area (Å²) in [6.07, 6.45) is 5.55. The molecule has 2 fully saturated rings. The molecule has 2 heterocycles. The molecule has 2 amide bonds. The van der Waals surface area contributed by atoms with Crippen molar-refractivity contribution in [2.24, 2.45) is 5.92 Å². The molecule has 0 unspecified atom stereocenters. The van der Waals surface area contributed by atoms with Gasteiger partial charge in [-0.2, -0.15) is 8.78 Å². The van der Waals surface area contributed by atoms with Gasteiger partial charge in [0, 0.05) is 38.3 Å². The number of nitrogens with zero attached hydrogens (tertiary/aromatic N) is 3. The molecule has 8 heteroatoms. The van der Waals surface area contributed by atoms with Crippen LogP contribution >= 0.6 is 11.8 Å². The van der Waals surface area contributed by atoms with E-state index in [1.807, 2.05) is 4.90 Å². The molecule has 1 aliphatic heterocycles. The third-order valence-electron chi connectivity index (χ3n) is 4.79. The number of piperazine rings is 1. The maximum atomic E-state index is 12.7. The van der Waals surface area contributed by atoms with Crippen LogP contribution in [0.15, 0.2) is 23.4 Å². The van der Waals surface area contributed by atoms with Crippen LogP contribution in [0.4, 0.5) is 8.78 Å².